The Morgan fingerprint density at radius 1 is 1.17 bits per heavy atom. The number of thiol groups is 1. The second-order valence-corrected chi connectivity index (χ2v) is 7.75. The number of carboxylic acid groups (broad SMARTS) is 1. The fraction of sp³-hybridized carbons (Fsp3) is 0.846. The first-order valence-corrected chi connectivity index (χ1v) is 6.43. The van der Waals surface area contributed by atoms with Gasteiger partial charge in [-0.3, -0.25) is 9.59 Å². The molecule has 106 valence electrons. The molecule has 0 fully saturated rings. The molecule has 0 saturated heterocycles. The van der Waals surface area contributed by atoms with Crippen molar-refractivity contribution in [2.45, 2.75) is 52.7 Å². The molecule has 0 aliphatic heterocycles. The molecule has 3 N–H and O–H groups in total. The van der Waals surface area contributed by atoms with E-state index in [0.29, 0.717) is 0 Å². The molecule has 0 rings (SSSR count). The molecule has 0 bridgehead atoms. The molecule has 1 atom stereocenters. The van der Waals surface area contributed by atoms with Crippen molar-refractivity contribution in [1.29, 1.82) is 0 Å². The van der Waals surface area contributed by atoms with Gasteiger partial charge in [-0.05, 0) is 25.7 Å². The number of primary amides is 1. The highest BCUT2D eigenvalue weighted by Gasteiger charge is 2.47. The van der Waals surface area contributed by atoms with Crippen LogP contribution in [0, 0.1) is 16.7 Å². The monoisotopic (exact) mass is 275 g/mol. The summed E-state index contributed by atoms with van der Waals surface area (Å²) >= 11 is 4.52. The van der Waals surface area contributed by atoms with E-state index >= 15 is 0 Å². The van der Waals surface area contributed by atoms with E-state index < -0.39 is 33.4 Å². The molecule has 0 radical (unpaired) electrons. The van der Waals surface area contributed by atoms with E-state index in [1.54, 1.807) is 13.8 Å². The number of carbonyl (C=O) groups is 2. The first-order valence-electron chi connectivity index (χ1n) is 5.98. The summed E-state index contributed by atoms with van der Waals surface area (Å²) in [6.45, 7) is 10.8. The lowest BCUT2D eigenvalue weighted by Gasteiger charge is -2.44. The summed E-state index contributed by atoms with van der Waals surface area (Å²) in [4.78, 5) is 22.9. The summed E-state index contributed by atoms with van der Waals surface area (Å²) in [7, 11) is 0. The summed E-state index contributed by atoms with van der Waals surface area (Å²) < 4.78 is -0.443. The molecular weight excluding hydrogens is 250 g/mol. The van der Waals surface area contributed by atoms with Gasteiger partial charge in [-0.2, -0.15) is 12.6 Å². The van der Waals surface area contributed by atoms with Crippen LogP contribution >= 0.6 is 12.6 Å². The minimum atomic E-state index is -0.990. The summed E-state index contributed by atoms with van der Waals surface area (Å²) in [5, 5.41) is 9.17. The van der Waals surface area contributed by atoms with Crippen LogP contribution < -0.4 is 5.73 Å². The van der Waals surface area contributed by atoms with Crippen molar-refractivity contribution in [2.24, 2.45) is 22.5 Å². The Kier molecular flexibility index (Phi) is 4.91. The van der Waals surface area contributed by atoms with Crippen LogP contribution in [0.3, 0.4) is 0 Å². The average molecular weight is 275 g/mol. The van der Waals surface area contributed by atoms with Crippen LogP contribution in [0.5, 0.6) is 0 Å². The van der Waals surface area contributed by atoms with Crippen LogP contribution in [0.1, 0.15) is 48.0 Å². The van der Waals surface area contributed by atoms with Crippen LogP contribution in [0.25, 0.3) is 0 Å². The Morgan fingerprint density at radius 3 is 1.78 bits per heavy atom. The summed E-state index contributed by atoms with van der Waals surface area (Å²) in [5.74, 6) is -1.95. The zero-order valence-corrected chi connectivity index (χ0v) is 13.0. The number of nitrogens with two attached hydrogens (primary N) is 1. The van der Waals surface area contributed by atoms with Gasteiger partial charge in [0, 0.05) is 10.7 Å². The highest BCUT2D eigenvalue weighted by Crippen LogP contribution is 2.46. The standard InChI is InChI=1S/C13H25NO3S/c1-11(2,10(16)17)7-8(9(14)15)12(3,4)13(5,6)18/h8,18H,7H2,1-6H3,(H2,14,15)(H,16,17). The molecule has 0 aromatic heterocycles. The van der Waals surface area contributed by atoms with Crippen LogP contribution in [-0.4, -0.2) is 21.7 Å². The largest absolute Gasteiger partial charge is 0.481 e. The molecule has 1 unspecified atom stereocenters. The molecule has 0 aromatic rings. The normalized spacial score (nSPS) is 15.3. The van der Waals surface area contributed by atoms with Gasteiger partial charge < -0.3 is 10.8 Å². The zero-order valence-electron chi connectivity index (χ0n) is 12.1. The van der Waals surface area contributed by atoms with E-state index in [0.717, 1.165) is 0 Å². The third-order valence-corrected chi connectivity index (χ3v) is 4.66. The molecule has 0 heterocycles. The maximum Gasteiger partial charge on any atom is 0.309 e. The minimum Gasteiger partial charge on any atom is -0.481 e. The van der Waals surface area contributed by atoms with Gasteiger partial charge in [-0.1, -0.05) is 27.7 Å². The van der Waals surface area contributed by atoms with E-state index in [1.165, 1.54) is 0 Å². The maximum absolute atomic E-state index is 11.7. The number of carboxylic acids is 1. The second-order valence-electron chi connectivity index (χ2n) is 6.63. The molecule has 18 heavy (non-hydrogen) atoms. The third kappa shape index (κ3) is 3.64. The molecule has 0 aliphatic rings. The molecule has 0 saturated carbocycles. The zero-order chi connectivity index (χ0) is 14.9. The van der Waals surface area contributed by atoms with E-state index in [2.05, 4.69) is 12.6 Å². The number of aliphatic carboxylic acids is 1. The quantitative estimate of drug-likeness (QED) is 0.651. The minimum absolute atomic E-state index is 0.203. The lowest BCUT2D eigenvalue weighted by molar-refractivity contribution is -0.149. The van der Waals surface area contributed by atoms with Crippen molar-refractivity contribution in [3.8, 4) is 0 Å². The predicted octanol–water partition coefficient (Wildman–Crippen LogP) is 2.32. The van der Waals surface area contributed by atoms with Gasteiger partial charge in [-0.25, -0.2) is 0 Å². The van der Waals surface area contributed by atoms with E-state index in [4.69, 9.17) is 10.8 Å². The van der Waals surface area contributed by atoms with Gasteiger partial charge >= 0.3 is 5.97 Å². The van der Waals surface area contributed by atoms with Gasteiger partial charge in [0.25, 0.3) is 0 Å². The van der Waals surface area contributed by atoms with Crippen molar-refractivity contribution in [2.75, 3.05) is 0 Å². The van der Waals surface area contributed by atoms with E-state index in [-0.39, 0.29) is 6.42 Å². The number of rotatable bonds is 6. The van der Waals surface area contributed by atoms with Crippen molar-refractivity contribution in [1.82, 2.24) is 0 Å². The molecular formula is C13H25NO3S. The van der Waals surface area contributed by atoms with Gasteiger partial charge in [0.05, 0.1) is 5.41 Å². The average Bonchev–Trinajstić information content (AvgIpc) is 2.11. The second kappa shape index (κ2) is 5.11. The summed E-state index contributed by atoms with van der Waals surface area (Å²) in [6, 6.07) is 0. The van der Waals surface area contributed by atoms with Gasteiger partial charge in [0.1, 0.15) is 0 Å². The van der Waals surface area contributed by atoms with Crippen LogP contribution in [0.2, 0.25) is 0 Å². The lowest BCUT2D eigenvalue weighted by Crippen LogP contribution is -2.48. The molecule has 4 nitrogen and oxygen atoms in total. The van der Waals surface area contributed by atoms with Gasteiger partial charge in [0.15, 0.2) is 0 Å². The highest BCUT2D eigenvalue weighted by molar-refractivity contribution is 7.81. The maximum atomic E-state index is 11.7. The van der Waals surface area contributed by atoms with Crippen LogP contribution in [-0.2, 0) is 9.59 Å². The van der Waals surface area contributed by atoms with E-state index in [1.807, 2.05) is 27.7 Å². The molecule has 5 heteroatoms. The first kappa shape index (κ1) is 17.3. The Morgan fingerprint density at radius 2 is 1.56 bits per heavy atom. The third-order valence-electron chi connectivity index (χ3n) is 4.08. The summed E-state index contributed by atoms with van der Waals surface area (Å²) in [6.07, 6.45) is 0.203. The molecule has 0 aromatic carbocycles. The first-order chi connectivity index (χ1) is 7.73. The molecule has 0 aliphatic carbocycles. The van der Waals surface area contributed by atoms with Crippen molar-refractivity contribution in [3.63, 3.8) is 0 Å². The lowest BCUT2D eigenvalue weighted by atomic mass is 9.64. The van der Waals surface area contributed by atoms with Crippen molar-refractivity contribution >= 4 is 24.5 Å². The van der Waals surface area contributed by atoms with Crippen LogP contribution in [0.15, 0.2) is 0 Å². The van der Waals surface area contributed by atoms with Crippen molar-refractivity contribution in [3.05, 3.63) is 0 Å². The predicted molar refractivity (Wildman–Crippen MR) is 75.6 cm³/mol. The Balaban J connectivity index is 5.38. The number of amides is 1. The van der Waals surface area contributed by atoms with E-state index in [9.17, 15) is 9.59 Å². The number of hydrogen-bond donors (Lipinski definition) is 3. The Hall–Kier alpha value is -0.710. The molecule has 0 spiro atoms. The smallest absolute Gasteiger partial charge is 0.309 e. The summed E-state index contributed by atoms with van der Waals surface area (Å²) in [5.41, 5.74) is 3.97. The number of hydrogen-bond acceptors (Lipinski definition) is 3. The fourth-order valence-corrected chi connectivity index (χ4v) is 1.89. The SMILES string of the molecule is CC(C)(CC(C(N)=O)C(C)(C)C(C)(C)S)C(=O)O. The fourth-order valence-electron chi connectivity index (χ4n) is 1.74. The molecule has 1 amide bonds. The van der Waals surface area contributed by atoms with Crippen molar-refractivity contribution < 1.29 is 14.7 Å². The number of carbonyl (C=O) groups excluding carboxylic acids is 1. The topological polar surface area (TPSA) is 80.4 Å². The van der Waals surface area contributed by atoms with Gasteiger partial charge in [-0.15, -0.1) is 0 Å². The van der Waals surface area contributed by atoms with Gasteiger partial charge in [0.2, 0.25) is 5.91 Å². The Bertz CT molecular complexity index is 343. The highest BCUT2D eigenvalue weighted by atomic mass is 32.1. The van der Waals surface area contributed by atoms with Crippen LogP contribution in [0.4, 0.5) is 0 Å². The Labute approximate surface area is 115 Å².